The van der Waals surface area contributed by atoms with E-state index in [1.54, 1.807) is 0 Å². The lowest BCUT2D eigenvalue weighted by Gasteiger charge is -2.39. The third-order valence-electron chi connectivity index (χ3n) is 6.36. The van der Waals surface area contributed by atoms with Gasteiger partial charge >= 0.3 is 5.69 Å². The molecule has 1 fully saturated rings. The Morgan fingerprint density at radius 1 is 0.848 bits per heavy atom. The molecule has 1 saturated heterocycles. The Kier molecular flexibility index (Phi) is 6.57. The van der Waals surface area contributed by atoms with Crippen LogP contribution in [0, 0.1) is 0 Å². The zero-order valence-electron chi connectivity index (χ0n) is 19.0. The number of piperazine rings is 1. The molecule has 2 N–H and O–H groups in total. The lowest BCUT2D eigenvalue weighted by Crippen LogP contribution is -2.50. The van der Waals surface area contributed by atoms with Gasteiger partial charge in [0, 0.05) is 40.3 Å². The van der Waals surface area contributed by atoms with Crippen molar-refractivity contribution in [3.63, 3.8) is 0 Å². The number of benzene rings is 2. The van der Waals surface area contributed by atoms with E-state index in [2.05, 4.69) is 53.4 Å². The summed E-state index contributed by atoms with van der Waals surface area (Å²) in [6.45, 7) is 3.03. The molecule has 0 unspecified atom stereocenters. The second-order valence-corrected chi connectivity index (χ2v) is 8.43. The van der Waals surface area contributed by atoms with Crippen molar-refractivity contribution in [3.8, 4) is 0 Å². The van der Waals surface area contributed by atoms with Crippen LogP contribution >= 0.6 is 0 Å². The molecule has 0 amide bonds. The number of hydrogen-bond donors (Lipinski definition) is 1. The van der Waals surface area contributed by atoms with Crippen LogP contribution in [0.15, 0.2) is 70.3 Å². The Bertz CT molecular complexity index is 1200. The van der Waals surface area contributed by atoms with E-state index in [-0.39, 0.29) is 29.8 Å². The fourth-order valence-electron chi connectivity index (χ4n) is 4.47. The van der Waals surface area contributed by atoms with Gasteiger partial charge in [-0.3, -0.25) is 28.5 Å². The second-order valence-electron chi connectivity index (χ2n) is 8.43. The third-order valence-corrected chi connectivity index (χ3v) is 6.36. The summed E-state index contributed by atoms with van der Waals surface area (Å²) in [4.78, 5) is 42.0. The number of nitrogen functional groups attached to an aromatic ring is 1. The monoisotopic (exact) mass is 447 g/mol. The average Bonchev–Trinajstić information content (AvgIpc) is 2.84. The number of nitrogens with zero attached hydrogens (tertiary/aromatic N) is 4. The lowest BCUT2D eigenvalue weighted by molar-refractivity contribution is 0.0806. The van der Waals surface area contributed by atoms with Crippen molar-refractivity contribution >= 4 is 11.6 Å². The van der Waals surface area contributed by atoms with E-state index in [1.807, 2.05) is 17.0 Å². The molecule has 2 aromatic carbocycles. The summed E-state index contributed by atoms with van der Waals surface area (Å²) < 4.78 is 2.06. The number of hydrogen-bond acceptors (Lipinski definition) is 6. The fourth-order valence-corrected chi connectivity index (χ4v) is 4.47. The largest absolute Gasteiger partial charge is 0.384 e. The van der Waals surface area contributed by atoms with E-state index in [0.717, 1.165) is 22.2 Å². The number of carbonyl (C=O) groups is 1. The molecular formula is C25H29N5O3. The van der Waals surface area contributed by atoms with Crippen LogP contribution in [0.25, 0.3) is 0 Å². The van der Waals surface area contributed by atoms with E-state index < -0.39 is 11.2 Å². The van der Waals surface area contributed by atoms with Gasteiger partial charge in [0.2, 0.25) is 0 Å². The predicted octanol–water partition coefficient (Wildman–Crippen LogP) is 1.26. The smallest absolute Gasteiger partial charge is 0.332 e. The molecular weight excluding hydrogens is 418 g/mol. The van der Waals surface area contributed by atoms with Gasteiger partial charge in [-0.1, -0.05) is 60.7 Å². The van der Waals surface area contributed by atoms with Gasteiger partial charge in [-0.05, 0) is 11.1 Å². The van der Waals surface area contributed by atoms with Crippen LogP contribution in [0.4, 0.5) is 5.82 Å². The maximum absolute atomic E-state index is 13.0. The van der Waals surface area contributed by atoms with E-state index >= 15 is 0 Å². The van der Waals surface area contributed by atoms with Gasteiger partial charge in [0.25, 0.3) is 5.56 Å². The zero-order chi connectivity index (χ0) is 23.5. The second kappa shape index (κ2) is 9.56. The van der Waals surface area contributed by atoms with Crippen LogP contribution in [0.5, 0.6) is 0 Å². The first kappa shape index (κ1) is 22.7. The summed E-state index contributed by atoms with van der Waals surface area (Å²) in [7, 11) is 2.81. The van der Waals surface area contributed by atoms with Crippen LogP contribution in [0.3, 0.4) is 0 Å². The van der Waals surface area contributed by atoms with Crippen LogP contribution in [-0.4, -0.2) is 57.4 Å². The summed E-state index contributed by atoms with van der Waals surface area (Å²) in [6.07, 6.45) is 0. The molecule has 0 atom stereocenters. The molecule has 0 aliphatic carbocycles. The predicted molar refractivity (Wildman–Crippen MR) is 128 cm³/mol. The molecule has 2 heterocycles. The molecule has 172 valence electrons. The first-order valence-corrected chi connectivity index (χ1v) is 11.0. The highest BCUT2D eigenvalue weighted by Gasteiger charge is 2.28. The highest BCUT2D eigenvalue weighted by Crippen LogP contribution is 2.29. The van der Waals surface area contributed by atoms with Crippen molar-refractivity contribution in [2.75, 3.05) is 38.5 Å². The van der Waals surface area contributed by atoms with Gasteiger partial charge in [0.05, 0.1) is 12.6 Å². The van der Waals surface area contributed by atoms with Crippen LogP contribution < -0.4 is 17.0 Å². The summed E-state index contributed by atoms with van der Waals surface area (Å²) >= 11 is 0. The van der Waals surface area contributed by atoms with E-state index in [9.17, 15) is 14.4 Å². The van der Waals surface area contributed by atoms with Gasteiger partial charge < -0.3 is 5.73 Å². The Labute approximate surface area is 192 Å². The van der Waals surface area contributed by atoms with Gasteiger partial charge in [-0.15, -0.1) is 0 Å². The van der Waals surface area contributed by atoms with E-state index in [0.29, 0.717) is 13.1 Å². The topological polar surface area (TPSA) is 93.6 Å². The van der Waals surface area contributed by atoms with Crippen molar-refractivity contribution in [1.82, 2.24) is 18.9 Å². The summed E-state index contributed by atoms with van der Waals surface area (Å²) in [5, 5.41) is 0. The summed E-state index contributed by atoms with van der Waals surface area (Å²) in [6, 6.07) is 21.0. The standard InChI is InChI=1S/C25H29N5O3/c1-27-23(26)21(24(32)28(2)25(27)33)20(31)17-29-13-15-30(16-14-29)22(18-9-5-3-6-10-18)19-11-7-4-8-12-19/h3-12,22H,13-17,26H2,1-2H3. The molecule has 8 nitrogen and oxygen atoms in total. The van der Waals surface area contributed by atoms with E-state index in [1.165, 1.54) is 25.2 Å². The number of carbonyl (C=O) groups excluding carboxylic acids is 1. The normalized spacial score (nSPS) is 15.1. The van der Waals surface area contributed by atoms with Crippen molar-refractivity contribution in [2.45, 2.75) is 6.04 Å². The lowest BCUT2D eigenvalue weighted by atomic mass is 9.96. The number of anilines is 1. The maximum atomic E-state index is 13.0. The maximum Gasteiger partial charge on any atom is 0.332 e. The highest BCUT2D eigenvalue weighted by atomic mass is 16.2. The minimum absolute atomic E-state index is 0.0834. The molecule has 1 aromatic heterocycles. The fraction of sp³-hybridized carbons (Fsp3) is 0.320. The van der Waals surface area contributed by atoms with Crippen LogP contribution in [0.2, 0.25) is 0 Å². The average molecular weight is 448 g/mol. The first-order chi connectivity index (χ1) is 15.9. The number of rotatable bonds is 6. The Balaban J connectivity index is 1.49. The van der Waals surface area contributed by atoms with Crippen molar-refractivity contribution < 1.29 is 4.79 Å². The molecule has 0 spiro atoms. The van der Waals surface area contributed by atoms with E-state index in [4.69, 9.17) is 5.73 Å². The number of nitrogens with two attached hydrogens (primary N) is 1. The molecule has 1 aliphatic heterocycles. The molecule has 0 radical (unpaired) electrons. The minimum atomic E-state index is -0.646. The highest BCUT2D eigenvalue weighted by molar-refractivity contribution is 6.01. The number of Topliss-reactive ketones (excluding diaryl/α,β-unsaturated/α-hetero) is 1. The van der Waals surface area contributed by atoms with Crippen molar-refractivity contribution in [1.29, 1.82) is 0 Å². The Hall–Kier alpha value is -3.49. The molecule has 3 aromatic rings. The minimum Gasteiger partial charge on any atom is -0.384 e. The molecule has 1 aliphatic rings. The molecule has 4 rings (SSSR count). The van der Waals surface area contributed by atoms with Gasteiger partial charge in [-0.25, -0.2) is 4.79 Å². The first-order valence-electron chi connectivity index (χ1n) is 11.0. The zero-order valence-corrected chi connectivity index (χ0v) is 19.0. The SMILES string of the molecule is Cn1c(N)c(C(=O)CN2CCN(C(c3ccccc3)c3ccccc3)CC2)c(=O)n(C)c1=O. The van der Waals surface area contributed by atoms with Crippen LogP contribution in [0.1, 0.15) is 27.5 Å². The van der Waals surface area contributed by atoms with Gasteiger partial charge in [0.15, 0.2) is 5.78 Å². The third kappa shape index (κ3) is 4.53. The molecule has 0 bridgehead atoms. The molecule has 8 heteroatoms. The summed E-state index contributed by atoms with van der Waals surface area (Å²) in [5.41, 5.74) is 7.11. The quantitative estimate of drug-likeness (QED) is 0.572. The number of aromatic nitrogens is 2. The van der Waals surface area contributed by atoms with Crippen molar-refractivity contribution in [2.24, 2.45) is 14.1 Å². The molecule has 33 heavy (non-hydrogen) atoms. The molecule has 0 saturated carbocycles. The summed E-state index contributed by atoms with van der Waals surface area (Å²) in [5.74, 6) is -0.445. The van der Waals surface area contributed by atoms with Gasteiger partial charge in [-0.2, -0.15) is 0 Å². The van der Waals surface area contributed by atoms with Crippen molar-refractivity contribution in [3.05, 3.63) is 98.2 Å². The van der Waals surface area contributed by atoms with Crippen LogP contribution in [-0.2, 0) is 14.1 Å². The Morgan fingerprint density at radius 2 is 1.36 bits per heavy atom. The van der Waals surface area contributed by atoms with Gasteiger partial charge in [0.1, 0.15) is 11.4 Å². The number of ketones is 1. The Morgan fingerprint density at radius 3 is 1.88 bits per heavy atom.